The quantitative estimate of drug-likeness (QED) is 0.175. The number of benzene rings is 3. The number of nitrogens with two attached hydrogens (primary N) is 1. The Morgan fingerprint density at radius 3 is 2.34 bits per heavy atom. The molecule has 0 aliphatic carbocycles. The molecule has 3 N–H and O–H groups in total. The summed E-state index contributed by atoms with van der Waals surface area (Å²) in [6.07, 6.45) is 5.72. The number of likely N-dealkylation sites (tertiary alicyclic amines) is 1. The van der Waals surface area contributed by atoms with Crippen LogP contribution in [-0.4, -0.2) is 62.6 Å². The number of aromatic nitrogens is 3. The fourth-order valence-corrected chi connectivity index (χ4v) is 5.60. The van der Waals surface area contributed by atoms with Crippen molar-refractivity contribution in [3.63, 3.8) is 0 Å². The van der Waals surface area contributed by atoms with E-state index in [0.29, 0.717) is 30.8 Å². The van der Waals surface area contributed by atoms with Crippen LogP contribution in [0.15, 0.2) is 91.4 Å². The van der Waals surface area contributed by atoms with E-state index in [2.05, 4.69) is 15.4 Å². The van der Waals surface area contributed by atoms with Gasteiger partial charge in [-0.25, -0.2) is 9.37 Å². The largest absolute Gasteiger partial charge is 0.383 e. The van der Waals surface area contributed by atoms with Gasteiger partial charge in [0, 0.05) is 74.1 Å². The van der Waals surface area contributed by atoms with Crippen LogP contribution in [0.3, 0.4) is 0 Å². The number of rotatable bonds is 8. The van der Waals surface area contributed by atoms with Gasteiger partial charge in [-0.2, -0.15) is 5.10 Å². The molecule has 1 atom stereocenters. The summed E-state index contributed by atoms with van der Waals surface area (Å²) < 4.78 is 16.2. The van der Waals surface area contributed by atoms with Crippen molar-refractivity contribution in [2.24, 2.45) is 7.05 Å². The summed E-state index contributed by atoms with van der Waals surface area (Å²) in [6.45, 7) is 0.867. The molecular formula is C34H31FN8O4. The summed E-state index contributed by atoms with van der Waals surface area (Å²) in [6, 6.07) is 19.7. The van der Waals surface area contributed by atoms with Crippen molar-refractivity contribution in [2.45, 2.75) is 12.5 Å². The van der Waals surface area contributed by atoms with Crippen LogP contribution in [0.4, 0.5) is 27.3 Å². The number of anilines is 3. The molecule has 0 spiro atoms. The van der Waals surface area contributed by atoms with Crippen molar-refractivity contribution in [3.8, 4) is 22.3 Å². The summed E-state index contributed by atoms with van der Waals surface area (Å²) in [5, 5.41) is 18.1. The van der Waals surface area contributed by atoms with Crippen LogP contribution in [0.5, 0.6) is 0 Å². The molecular weight excluding hydrogens is 603 g/mol. The smallest absolute Gasteiger partial charge is 0.272 e. The number of amides is 2. The van der Waals surface area contributed by atoms with E-state index in [9.17, 15) is 24.1 Å². The minimum atomic E-state index is -0.689. The number of hydrogen-bond acceptors (Lipinski definition) is 8. The molecule has 0 bridgehead atoms. The standard InChI is InChI=1S/C34H31FN8O4/c1-40-19-25(18-38-40)24-15-29(32(36)37-17-24)33(44)39-26-13-14-42(20-26)34(45)23-5-3-21(4-6-23)22-7-9-27(10-8-22)41(2)31-12-11-28(43(46)47)16-30(31)35/h3-12,15-19,26H,13-14,20H2,1-2H3,(H2,36,37)(H,39,44)/t26-/m1/s1. The minimum absolute atomic E-state index is 0.126. The SMILES string of the molecule is CN(c1ccc(-c2ccc(C(=O)N3CC[C@@H](NC(=O)c4cc(-c5cnn(C)c5)cnc4N)C3)cc2)cc1)c1ccc([N+](=O)[O-])cc1F. The highest BCUT2D eigenvalue weighted by molar-refractivity contribution is 6.00. The number of nitro groups is 1. The molecule has 2 amide bonds. The van der Waals surface area contributed by atoms with Crippen LogP contribution in [0.25, 0.3) is 22.3 Å². The topological polar surface area (TPSA) is 153 Å². The number of aryl methyl sites for hydroxylation is 1. The van der Waals surface area contributed by atoms with Gasteiger partial charge < -0.3 is 20.9 Å². The third kappa shape index (κ3) is 6.50. The van der Waals surface area contributed by atoms with E-state index in [-0.39, 0.29) is 40.6 Å². The lowest BCUT2D eigenvalue weighted by Gasteiger charge is -2.20. The fraction of sp³-hybridized carbons (Fsp3) is 0.176. The zero-order chi connectivity index (χ0) is 33.2. The molecule has 1 saturated heterocycles. The maximum absolute atomic E-state index is 14.5. The predicted molar refractivity (Wildman–Crippen MR) is 176 cm³/mol. The van der Waals surface area contributed by atoms with Crippen molar-refractivity contribution in [1.29, 1.82) is 0 Å². The minimum Gasteiger partial charge on any atom is -0.383 e. The van der Waals surface area contributed by atoms with Gasteiger partial charge >= 0.3 is 0 Å². The molecule has 0 unspecified atom stereocenters. The van der Waals surface area contributed by atoms with Gasteiger partial charge in [0.25, 0.3) is 17.5 Å². The van der Waals surface area contributed by atoms with Crippen LogP contribution in [-0.2, 0) is 7.05 Å². The number of nitrogen functional groups attached to an aromatic ring is 1. The van der Waals surface area contributed by atoms with E-state index >= 15 is 0 Å². The lowest BCUT2D eigenvalue weighted by molar-refractivity contribution is -0.385. The molecule has 2 aromatic heterocycles. The Morgan fingerprint density at radius 2 is 1.70 bits per heavy atom. The van der Waals surface area contributed by atoms with Crippen molar-refractivity contribution < 1.29 is 18.9 Å². The van der Waals surface area contributed by atoms with Gasteiger partial charge in [0.1, 0.15) is 5.82 Å². The Kier molecular flexibility index (Phi) is 8.36. The molecule has 1 aliphatic rings. The molecule has 5 aromatic rings. The number of pyridine rings is 1. The second-order valence-corrected chi connectivity index (χ2v) is 11.3. The van der Waals surface area contributed by atoms with Gasteiger partial charge in [0.15, 0.2) is 5.82 Å². The number of carbonyl (C=O) groups excluding carboxylic acids is 2. The second-order valence-electron chi connectivity index (χ2n) is 11.3. The van der Waals surface area contributed by atoms with Crippen molar-refractivity contribution in [1.82, 2.24) is 25.0 Å². The molecule has 3 heterocycles. The highest BCUT2D eigenvalue weighted by Gasteiger charge is 2.29. The van der Waals surface area contributed by atoms with Gasteiger partial charge in [0.2, 0.25) is 0 Å². The van der Waals surface area contributed by atoms with E-state index < -0.39 is 10.7 Å². The highest BCUT2D eigenvalue weighted by atomic mass is 19.1. The predicted octanol–water partition coefficient (Wildman–Crippen LogP) is 5.19. The Morgan fingerprint density at radius 1 is 1.00 bits per heavy atom. The fourth-order valence-electron chi connectivity index (χ4n) is 5.60. The number of non-ortho nitro benzene ring substituents is 1. The average Bonchev–Trinajstić information content (AvgIpc) is 3.73. The summed E-state index contributed by atoms with van der Waals surface area (Å²) in [7, 11) is 3.49. The third-order valence-corrected chi connectivity index (χ3v) is 8.24. The number of nitrogens with zero attached hydrogens (tertiary/aromatic N) is 6. The molecule has 0 radical (unpaired) electrons. The Labute approximate surface area is 269 Å². The first-order valence-corrected chi connectivity index (χ1v) is 14.8. The zero-order valence-electron chi connectivity index (χ0n) is 25.6. The monoisotopic (exact) mass is 634 g/mol. The van der Waals surface area contributed by atoms with Crippen LogP contribution in [0.2, 0.25) is 0 Å². The molecule has 3 aromatic carbocycles. The van der Waals surface area contributed by atoms with E-state index in [1.165, 1.54) is 12.1 Å². The van der Waals surface area contributed by atoms with Gasteiger partial charge in [-0.3, -0.25) is 24.4 Å². The lowest BCUT2D eigenvalue weighted by Crippen LogP contribution is -2.38. The lowest BCUT2D eigenvalue weighted by atomic mass is 10.0. The summed E-state index contributed by atoms with van der Waals surface area (Å²) in [5.41, 5.74) is 10.8. The molecule has 238 valence electrons. The zero-order valence-corrected chi connectivity index (χ0v) is 25.6. The van der Waals surface area contributed by atoms with Crippen LogP contribution < -0.4 is 16.0 Å². The maximum atomic E-state index is 14.5. The molecule has 12 nitrogen and oxygen atoms in total. The van der Waals surface area contributed by atoms with E-state index in [0.717, 1.165) is 28.3 Å². The molecule has 13 heteroatoms. The normalized spacial score (nSPS) is 14.2. The van der Waals surface area contributed by atoms with E-state index in [4.69, 9.17) is 5.73 Å². The number of carbonyl (C=O) groups is 2. The number of nitrogens with one attached hydrogen (secondary N) is 1. The molecule has 6 rings (SSSR count). The average molecular weight is 635 g/mol. The molecule has 47 heavy (non-hydrogen) atoms. The van der Waals surface area contributed by atoms with Crippen molar-refractivity contribution >= 4 is 34.7 Å². The van der Waals surface area contributed by atoms with E-state index in [1.54, 1.807) is 59.2 Å². The molecule has 1 fully saturated rings. The van der Waals surface area contributed by atoms with Gasteiger partial charge in [0.05, 0.1) is 28.4 Å². The third-order valence-electron chi connectivity index (χ3n) is 8.24. The van der Waals surface area contributed by atoms with Crippen LogP contribution in [0, 0.1) is 15.9 Å². The van der Waals surface area contributed by atoms with Crippen molar-refractivity contribution in [2.75, 3.05) is 30.8 Å². The van der Waals surface area contributed by atoms with Crippen LogP contribution in [0.1, 0.15) is 27.1 Å². The second kappa shape index (κ2) is 12.7. The Hall–Kier alpha value is -6.11. The maximum Gasteiger partial charge on any atom is 0.272 e. The summed E-state index contributed by atoms with van der Waals surface area (Å²) in [4.78, 5) is 44.2. The van der Waals surface area contributed by atoms with Gasteiger partial charge in [-0.15, -0.1) is 0 Å². The number of hydrogen-bond donors (Lipinski definition) is 2. The van der Waals surface area contributed by atoms with Gasteiger partial charge in [-0.1, -0.05) is 24.3 Å². The van der Waals surface area contributed by atoms with Gasteiger partial charge in [-0.05, 0) is 53.9 Å². The first-order valence-electron chi connectivity index (χ1n) is 14.8. The molecule has 0 saturated carbocycles. The summed E-state index contributed by atoms with van der Waals surface area (Å²) >= 11 is 0. The number of halogens is 1. The first-order chi connectivity index (χ1) is 22.6. The van der Waals surface area contributed by atoms with Crippen LogP contribution >= 0.6 is 0 Å². The first kappa shape index (κ1) is 30.9. The van der Waals surface area contributed by atoms with Crippen molar-refractivity contribution in [3.05, 3.63) is 118 Å². The summed E-state index contributed by atoms with van der Waals surface area (Å²) in [5.74, 6) is -1.04. The Bertz CT molecular complexity index is 1980. The number of nitro benzene ring substituents is 1. The molecule has 1 aliphatic heterocycles. The Balaban J connectivity index is 1.07. The van der Waals surface area contributed by atoms with E-state index in [1.807, 2.05) is 42.6 Å². The highest BCUT2D eigenvalue weighted by Crippen LogP contribution is 2.31.